The molecule has 0 radical (unpaired) electrons. The van der Waals surface area contributed by atoms with Crippen molar-refractivity contribution < 1.29 is 5.11 Å². The molecule has 0 aliphatic heterocycles. The highest BCUT2D eigenvalue weighted by atomic mass is 16.3. The van der Waals surface area contributed by atoms with Crippen LogP contribution in [0.15, 0.2) is 24.3 Å². The summed E-state index contributed by atoms with van der Waals surface area (Å²) < 4.78 is 0. The SMILES string of the molecule is CCC(O)(CC)CNCC1CCCc2ccccc21. The minimum atomic E-state index is -0.534. The molecule has 2 rings (SSSR count). The summed E-state index contributed by atoms with van der Waals surface area (Å²) >= 11 is 0. The zero-order valence-corrected chi connectivity index (χ0v) is 12.3. The van der Waals surface area contributed by atoms with Crippen molar-refractivity contribution in [2.45, 2.75) is 57.5 Å². The summed E-state index contributed by atoms with van der Waals surface area (Å²) in [6.07, 6.45) is 5.41. The second-order valence-corrected chi connectivity index (χ2v) is 5.85. The fourth-order valence-electron chi connectivity index (χ4n) is 3.05. The van der Waals surface area contributed by atoms with Gasteiger partial charge in [-0.05, 0) is 49.1 Å². The minimum absolute atomic E-state index is 0.534. The van der Waals surface area contributed by atoms with Crippen LogP contribution in [0.1, 0.15) is 56.6 Å². The third-order valence-corrected chi connectivity index (χ3v) is 4.65. The maximum absolute atomic E-state index is 10.3. The molecule has 0 spiro atoms. The Morgan fingerprint density at radius 3 is 2.74 bits per heavy atom. The monoisotopic (exact) mass is 261 g/mol. The van der Waals surface area contributed by atoms with E-state index in [1.54, 1.807) is 0 Å². The molecule has 19 heavy (non-hydrogen) atoms. The third kappa shape index (κ3) is 3.58. The van der Waals surface area contributed by atoms with E-state index < -0.39 is 5.60 Å². The Bertz CT molecular complexity index is 398. The lowest BCUT2D eigenvalue weighted by molar-refractivity contribution is 0.0323. The molecular weight excluding hydrogens is 234 g/mol. The molecule has 1 aliphatic carbocycles. The predicted molar refractivity (Wildman–Crippen MR) is 80.5 cm³/mol. The number of fused-ring (bicyclic) bond motifs is 1. The lowest BCUT2D eigenvalue weighted by atomic mass is 9.82. The van der Waals surface area contributed by atoms with E-state index in [0.29, 0.717) is 12.5 Å². The van der Waals surface area contributed by atoms with E-state index in [9.17, 15) is 5.11 Å². The molecule has 1 aliphatic rings. The fraction of sp³-hybridized carbons (Fsp3) is 0.647. The maximum atomic E-state index is 10.3. The first-order valence-corrected chi connectivity index (χ1v) is 7.69. The van der Waals surface area contributed by atoms with Crippen LogP contribution in [0.2, 0.25) is 0 Å². The molecular formula is C17H27NO. The van der Waals surface area contributed by atoms with E-state index in [1.807, 2.05) is 0 Å². The molecule has 106 valence electrons. The average Bonchev–Trinajstić information content (AvgIpc) is 2.47. The molecule has 0 saturated heterocycles. The van der Waals surface area contributed by atoms with Gasteiger partial charge >= 0.3 is 0 Å². The quantitative estimate of drug-likeness (QED) is 0.824. The van der Waals surface area contributed by atoms with Crippen LogP contribution >= 0.6 is 0 Å². The predicted octanol–water partition coefficient (Wildman–Crippen LogP) is 3.25. The van der Waals surface area contributed by atoms with Crippen molar-refractivity contribution in [3.8, 4) is 0 Å². The number of aryl methyl sites for hydroxylation is 1. The summed E-state index contributed by atoms with van der Waals surface area (Å²) in [7, 11) is 0. The van der Waals surface area contributed by atoms with E-state index in [-0.39, 0.29) is 0 Å². The van der Waals surface area contributed by atoms with Crippen molar-refractivity contribution in [2.75, 3.05) is 13.1 Å². The number of nitrogens with one attached hydrogen (secondary N) is 1. The molecule has 2 N–H and O–H groups in total. The normalized spacial score (nSPS) is 19.2. The number of rotatable bonds is 6. The molecule has 1 aromatic rings. The Hall–Kier alpha value is -0.860. The molecule has 0 amide bonds. The molecule has 0 aromatic heterocycles. The number of hydrogen-bond donors (Lipinski definition) is 2. The topological polar surface area (TPSA) is 32.3 Å². The number of benzene rings is 1. The van der Waals surface area contributed by atoms with Crippen LogP contribution in [-0.2, 0) is 6.42 Å². The fourth-order valence-corrected chi connectivity index (χ4v) is 3.05. The summed E-state index contributed by atoms with van der Waals surface area (Å²) in [5.74, 6) is 0.614. The van der Waals surface area contributed by atoms with E-state index in [4.69, 9.17) is 0 Å². The summed E-state index contributed by atoms with van der Waals surface area (Å²) in [4.78, 5) is 0. The molecule has 1 atom stereocenters. The highest BCUT2D eigenvalue weighted by Gasteiger charge is 2.23. The van der Waals surface area contributed by atoms with Crippen LogP contribution in [0.3, 0.4) is 0 Å². The van der Waals surface area contributed by atoms with Crippen LogP contribution in [0.25, 0.3) is 0 Å². The van der Waals surface area contributed by atoms with Gasteiger partial charge in [0.1, 0.15) is 0 Å². The smallest absolute Gasteiger partial charge is 0.0766 e. The lowest BCUT2D eigenvalue weighted by Gasteiger charge is -2.29. The molecule has 0 saturated carbocycles. The largest absolute Gasteiger partial charge is 0.389 e. The van der Waals surface area contributed by atoms with Gasteiger partial charge < -0.3 is 10.4 Å². The number of hydrogen-bond acceptors (Lipinski definition) is 2. The molecule has 2 heteroatoms. The van der Waals surface area contributed by atoms with E-state index in [1.165, 1.54) is 30.4 Å². The second kappa shape index (κ2) is 6.53. The highest BCUT2D eigenvalue weighted by Crippen LogP contribution is 2.30. The molecule has 1 unspecified atom stereocenters. The highest BCUT2D eigenvalue weighted by molar-refractivity contribution is 5.32. The van der Waals surface area contributed by atoms with Gasteiger partial charge in [-0.25, -0.2) is 0 Å². The van der Waals surface area contributed by atoms with Crippen molar-refractivity contribution in [3.05, 3.63) is 35.4 Å². The Morgan fingerprint density at radius 1 is 1.26 bits per heavy atom. The van der Waals surface area contributed by atoms with Gasteiger partial charge in [-0.15, -0.1) is 0 Å². The van der Waals surface area contributed by atoms with Gasteiger partial charge in [-0.2, -0.15) is 0 Å². The van der Waals surface area contributed by atoms with Crippen LogP contribution in [-0.4, -0.2) is 23.8 Å². The van der Waals surface area contributed by atoms with Gasteiger partial charge in [0.25, 0.3) is 0 Å². The molecule has 0 bridgehead atoms. The van der Waals surface area contributed by atoms with Gasteiger partial charge in [0, 0.05) is 13.1 Å². The zero-order valence-electron chi connectivity index (χ0n) is 12.3. The summed E-state index contributed by atoms with van der Waals surface area (Å²) in [6, 6.07) is 8.82. The van der Waals surface area contributed by atoms with Gasteiger partial charge in [-0.1, -0.05) is 38.1 Å². The first-order valence-electron chi connectivity index (χ1n) is 7.69. The Kier molecular flexibility index (Phi) is 5.00. The minimum Gasteiger partial charge on any atom is -0.389 e. The summed E-state index contributed by atoms with van der Waals surface area (Å²) in [5, 5.41) is 13.8. The maximum Gasteiger partial charge on any atom is 0.0766 e. The van der Waals surface area contributed by atoms with Crippen molar-refractivity contribution in [1.29, 1.82) is 0 Å². The third-order valence-electron chi connectivity index (χ3n) is 4.65. The summed E-state index contributed by atoms with van der Waals surface area (Å²) in [6.45, 7) is 5.81. The van der Waals surface area contributed by atoms with Crippen molar-refractivity contribution in [3.63, 3.8) is 0 Å². The van der Waals surface area contributed by atoms with E-state index >= 15 is 0 Å². The first kappa shape index (κ1) is 14.5. The standard InChI is InChI=1S/C17H27NO/c1-3-17(19,4-2)13-18-12-15-10-7-9-14-8-5-6-11-16(14)15/h5-6,8,11,15,18-19H,3-4,7,9-10,12-13H2,1-2H3. The van der Waals surface area contributed by atoms with Gasteiger partial charge in [0.05, 0.1) is 5.60 Å². The Labute approximate surface area is 117 Å². The van der Waals surface area contributed by atoms with Gasteiger partial charge in [0.2, 0.25) is 0 Å². The van der Waals surface area contributed by atoms with Crippen molar-refractivity contribution in [1.82, 2.24) is 5.32 Å². The Morgan fingerprint density at radius 2 is 2.00 bits per heavy atom. The zero-order chi connectivity index (χ0) is 13.7. The van der Waals surface area contributed by atoms with Gasteiger partial charge in [0.15, 0.2) is 0 Å². The van der Waals surface area contributed by atoms with Crippen molar-refractivity contribution in [2.24, 2.45) is 0 Å². The second-order valence-electron chi connectivity index (χ2n) is 5.85. The van der Waals surface area contributed by atoms with Crippen LogP contribution in [0.5, 0.6) is 0 Å². The molecule has 0 heterocycles. The van der Waals surface area contributed by atoms with E-state index in [2.05, 4.69) is 43.4 Å². The molecule has 2 nitrogen and oxygen atoms in total. The summed E-state index contributed by atoms with van der Waals surface area (Å²) in [5.41, 5.74) is 2.49. The van der Waals surface area contributed by atoms with Crippen LogP contribution in [0.4, 0.5) is 0 Å². The molecule has 0 fully saturated rings. The lowest BCUT2D eigenvalue weighted by Crippen LogP contribution is -2.41. The molecule has 1 aromatic carbocycles. The van der Waals surface area contributed by atoms with E-state index in [0.717, 1.165) is 19.4 Å². The Balaban J connectivity index is 1.91. The van der Waals surface area contributed by atoms with Crippen molar-refractivity contribution >= 4 is 0 Å². The van der Waals surface area contributed by atoms with Crippen LogP contribution < -0.4 is 5.32 Å². The number of aliphatic hydroxyl groups is 1. The van der Waals surface area contributed by atoms with Crippen LogP contribution in [0, 0.1) is 0 Å². The van der Waals surface area contributed by atoms with Gasteiger partial charge in [-0.3, -0.25) is 0 Å². The first-order chi connectivity index (χ1) is 9.18. The average molecular weight is 261 g/mol.